The second-order valence-electron chi connectivity index (χ2n) is 8.19. The number of carbonyl (C=O) groups is 2. The van der Waals surface area contributed by atoms with E-state index in [1.807, 2.05) is 43.0 Å². The lowest BCUT2D eigenvalue weighted by Crippen LogP contribution is -2.40. The van der Waals surface area contributed by atoms with Crippen molar-refractivity contribution < 1.29 is 19.4 Å². The van der Waals surface area contributed by atoms with Crippen molar-refractivity contribution in [2.45, 2.75) is 26.7 Å². The Morgan fingerprint density at radius 3 is 2.53 bits per heavy atom. The molecule has 2 aliphatic heterocycles. The Kier molecular flexibility index (Phi) is 6.53. The van der Waals surface area contributed by atoms with Gasteiger partial charge in [-0.15, -0.1) is 0 Å². The molecule has 7 heteroatoms. The van der Waals surface area contributed by atoms with Crippen LogP contribution in [-0.4, -0.2) is 48.1 Å². The zero-order valence-electron chi connectivity index (χ0n) is 18.3. The molecule has 1 atom stereocenters. The van der Waals surface area contributed by atoms with Crippen molar-refractivity contribution >= 4 is 34.7 Å². The lowest BCUT2D eigenvalue weighted by molar-refractivity contribution is -0.120. The summed E-state index contributed by atoms with van der Waals surface area (Å²) in [6.45, 7) is 5.56. The third-order valence-corrected chi connectivity index (χ3v) is 6.24. The molecule has 32 heavy (non-hydrogen) atoms. The lowest BCUT2D eigenvalue weighted by Gasteiger charge is -2.34. The molecule has 1 unspecified atom stereocenters. The van der Waals surface area contributed by atoms with E-state index in [0.29, 0.717) is 53.0 Å². The molecule has 0 saturated carbocycles. The molecular formula is C25H27ClN2O4. The van der Waals surface area contributed by atoms with Crippen LogP contribution in [0.25, 0.3) is 5.57 Å². The number of aryl methyl sites for hydroxylation is 1. The number of aliphatic hydroxyl groups is 1. The monoisotopic (exact) mass is 454 g/mol. The Hall–Kier alpha value is -2.83. The number of hydrogen-bond acceptors (Lipinski definition) is 5. The molecule has 0 spiro atoms. The number of aliphatic hydroxyl groups excluding tert-OH is 1. The van der Waals surface area contributed by atoms with Gasteiger partial charge in [0.05, 0.1) is 17.9 Å². The summed E-state index contributed by atoms with van der Waals surface area (Å²) >= 11 is 6.10. The highest BCUT2D eigenvalue weighted by molar-refractivity contribution is 6.45. The van der Waals surface area contributed by atoms with Crippen molar-refractivity contribution in [2.24, 2.45) is 5.92 Å². The SMILES string of the molecule is CCOc1ccc(C2=C(N3CCCC(CO)C3)C(=O)N(c3ccc(Cl)cc3C)C2=O)cc1. The fraction of sp³-hybridized carbons (Fsp3) is 0.360. The van der Waals surface area contributed by atoms with E-state index in [1.165, 1.54) is 4.90 Å². The van der Waals surface area contributed by atoms with Gasteiger partial charge in [-0.25, -0.2) is 4.90 Å². The summed E-state index contributed by atoms with van der Waals surface area (Å²) in [4.78, 5) is 30.6. The van der Waals surface area contributed by atoms with Gasteiger partial charge in [-0.1, -0.05) is 23.7 Å². The number of imide groups is 1. The van der Waals surface area contributed by atoms with Crippen molar-refractivity contribution in [3.63, 3.8) is 0 Å². The molecule has 168 valence electrons. The van der Waals surface area contributed by atoms with E-state index in [2.05, 4.69) is 0 Å². The minimum absolute atomic E-state index is 0.0598. The first-order valence-electron chi connectivity index (χ1n) is 10.9. The molecule has 0 aliphatic carbocycles. The maximum absolute atomic E-state index is 13.7. The van der Waals surface area contributed by atoms with Crippen LogP contribution in [0, 0.1) is 12.8 Å². The molecule has 0 bridgehead atoms. The fourth-order valence-corrected chi connectivity index (χ4v) is 4.69. The molecule has 0 radical (unpaired) electrons. The van der Waals surface area contributed by atoms with E-state index in [0.717, 1.165) is 18.4 Å². The molecule has 1 N–H and O–H groups in total. The summed E-state index contributed by atoms with van der Waals surface area (Å²) < 4.78 is 5.53. The van der Waals surface area contributed by atoms with Crippen LogP contribution in [0.4, 0.5) is 5.69 Å². The number of likely N-dealkylation sites (tertiary alicyclic amines) is 1. The van der Waals surface area contributed by atoms with Crippen molar-refractivity contribution in [1.29, 1.82) is 0 Å². The first-order valence-corrected chi connectivity index (χ1v) is 11.3. The summed E-state index contributed by atoms with van der Waals surface area (Å²) in [5.41, 5.74) is 2.72. The van der Waals surface area contributed by atoms with Gasteiger partial charge >= 0.3 is 0 Å². The molecule has 2 aromatic rings. The Balaban J connectivity index is 1.80. The first-order chi connectivity index (χ1) is 15.4. The van der Waals surface area contributed by atoms with E-state index in [9.17, 15) is 14.7 Å². The number of anilines is 1. The summed E-state index contributed by atoms with van der Waals surface area (Å²) in [6.07, 6.45) is 1.76. The highest BCUT2D eigenvalue weighted by Crippen LogP contribution is 2.38. The minimum atomic E-state index is -0.356. The highest BCUT2D eigenvalue weighted by atomic mass is 35.5. The molecule has 2 amide bonds. The summed E-state index contributed by atoms with van der Waals surface area (Å²) in [5.74, 6) is 0.0829. The number of nitrogens with zero attached hydrogens (tertiary/aromatic N) is 2. The number of carbonyl (C=O) groups excluding carboxylic acids is 2. The largest absolute Gasteiger partial charge is 0.494 e. The molecule has 0 aromatic heterocycles. The molecule has 1 fully saturated rings. The number of amides is 2. The third kappa shape index (κ3) is 4.12. The summed E-state index contributed by atoms with van der Waals surface area (Å²) in [7, 11) is 0. The van der Waals surface area contributed by atoms with Crippen LogP contribution in [0.1, 0.15) is 30.9 Å². The average molecular weight is 455 g/mol. The van der Waals surface area contributed by atoms with E-state index < -0.39 is 0 Å². The Bertz CT molecular complexity index is 1060. The standard InChI is InChI=1S/C25H27ClN2O4/c1-3-32-20-9-6-18(7-10-20)22-23(27-12-4-5-17(14-27)15-29)25(31)28(24(22)30)21-11-8-19(26)13-16(21)2/h6-11,13,17,29H,3-5,12,14-15H2,1-2H3. The molecule has 4 rings (SSSR count). The number of ether oxygens (including phenoxy) is 1. The van der Waals surface area contributed by atoms with Crippen molar-refractivity contribution in [1.82, 2.24) is 4.90 Å². The molecule has 2 aromatic carbocycles. The van der Waals surface area contributed by atoms with Gasteiger partial charge in [0.25, 0.3) is 11.8 Å². The van der Waals surface area contributed by atoms with Gasteiger partial charge in [0.15, 0.2) is 0 Å². The Labute approximate surface area is 193 Å². The number of halogens is 1. The Morgan fingerprint density at radius 1 is 1.12 bits per heavy atom. The zero-order chi connectivity index (χ0) is 22.8. The maximum Gasteiger partial charge on any atom is 0.282 e. The van der Waals surface area contributed by atoms with E-state index in [1.54, 1.807) is 18.2 Å². The van der Waals surface area contributed by atoms with Crippen LogP contribution in [0.15, 0.2) is 48.2 Å². The van der Waals surface area contributed by atoms with Crippen molar-refractivity contribution in [3.8, 4) is 5.75 Å². The summed E-state index contributed by atoms with van der Waals surface area (Å²) in [6, 6.07) is 12.4. The van der Waals surface area contributed by atoms with Crippen molar-refractivity contribution in [3.05, 3.63) is 64.3 Å². The van der Waals surface area contributed by atoms with Gasteiger partial charge in [-0.05, 0) is 74.1 Å². The Morgan fingerprint density at radius 2 is 1.88 bits per heavy atom. The predicted octanol–water partition coefficient (Wildman–Crippen LogP) is 4.04. The topological polar surface area (TPSA) is 70.1 Å². The molecule has 2 aliphatic rings. The van der Waals surface area contributed by atoms with E-state index in [4.69, 9.17) is 16.3 Å². The molecule has 2 heterocycles. The minimum Gasteiger partial charge on any atom is -0.494 e. The normalized spacial score (nSPS) is 19.2. The van der Waals surface area contributed by atoms with Gasteiger partial charge in [0.2, 0.25) is 0 Å². The average Bonchev–Trinajstić information content (AvgIpc) is 3.05. The molecular weight excluding hydrogens is 428 g/mol. The van der Waals surface area contributed by atoms with Crippen LogP contribution in [0.3, 0.4) is 0 Å². The number of piperidine rings is 1. The third-order valence-electron chi connectivity index (χ3n) is 6.01. The quantitative estimate of drug-likeness (QED) is 0.667. The van der Waals surface area contributed by atoms with Crippen LogP contribution < -0.4 is 9.64 Å². The van der Waals surface area contributed by atoms with Crippen LogP contribution in [0.2, 0.25) is 5.02 Å². The predicted molar refractivity (Wildman–Crippen MR) is 125 cm³/mol. The fourth-order valence-electron chi connectivity index (χ4n) is 4.46. The van der Waals surface area contributed by atoms with Gasteiger partial charge < -0.3 is 14.7 Å². The second-order valence-corrected chi connectivity index (χ2v) is 8.63. The smallest absolute Gasteiger partial charge is 0.282 e. The number of rotatable bonds is 6. The van der Waals surface area contributed by atoms with E-state index in [-0.39, 0.29) is 24.3 Å². The van der Waals surface area contributed by atoms with Gasteiger partial charge in [0, 0.05) is 24.7 Å². The molecule has 1 saturated heterocycles. The zero-order valence-corrected chi connectivity index (χ0v) is 19.1. The van der Waals surface area contributed by atoms with Gasteiger partial charge in [0.1, 0.15) is 11.4 Å². The highest BCUT2D eigenvalue weighted by Gasteiger charge is 2.43. The van der Waals surface area contributed by atoms with Crippen LogP contribution in [-0.2, 0) is 9.59 Å². The maximum atomic E-state index is 13.7. The lowest BCUT2D eigenvalue weighted by atomic mass is 9.97. The van der Waals surface area contributed by atoms with Crippen LogP contribution >= 0.6 is 11.6 Å². The number of hydrogen-bond donors (Lipinski definition) is 1. The van der Waals surface area contributed by atoms with E-state index >= 15 is 0 Å². The van der Waals surface area contributed by atoms with Crippen LogP contribution in [0.5, 0.6) is 5.75 Å². The van der Waals surface area contributed by atoms with Gasteiger partial charge in [-0.3, -0.25) is 9.59 Å². The summed E-state index contributed by atoms with van der Waals surface area (Å²) in [5, 5.41) is 10.2. The number of benzene rings is 2. The first kappa shape index (κ1) is 22.4. The van der Waals surface area contributed by atoms with Gasteiger partial charge in [-0.2, -0.15) is 0 Å². The van der Waals surface area contributed by atoms with Crippen molar-refractivity contribution in [2.75, 3.05) is 31.2 Å². The second kappa shape index (κ2) is 9.35. The molecule has 6 nitrogen and oxygen atoms in total.